The zero-order valence-electron chi connectivity index (χ0n) is 11.5. The molecule has 0 aromatic carbocycles. The maximum absolute atomic E-state index is 10.7. The fraction of sp³-hybridized carbons (Fsp3) is 0.692. The van der Waals surface area contributed by atoms with Crippen molar-refractivity contribution >= 4 is 5.97 Å². The van der Waals surface area contributed by atoms with Gasteiger partial charge < -0.3 is 9.84 Å². The molecule has 1 aliphatic heterocycles. The van der Waals surface area contributed by atoms with Crippen molar-refractivity contribution in [2.45, 2.75) is 32.4 Å². The summed E-state index contributed by atoms with van der Waals surface area (Å²) < 4.78 is 7.31. The molecule has 2 rings (SSSR count). The molecule has 19 heavy (non-hydrogen) atoms. The Kier molecular flexibility index (Phi) is 4.55. The van der Waals surface area contributed by atoms with Crippen LogP contribution in [0.2, 0.25) is 0 Å². The third kappa shape index (κ3) is 3.78. The highest BCUT2D eigenvalue weighted by Crippen LogP contribution is 2.15. The number of hydrogen-bond donors (Lipinski definition) is 1. The molecule has 1 aromatic heterocycles. The maximum Gasteiger partial charge on any atom is 0.306 e. The number of hydrogen-bond acceptors (Lipinski definition) is 4. The first-order chi connectivity index (χ1) is 9.08. The third-order valence-corrected chi connectivity index (χ3v) is 3.35. The van der Waals surface area contributed by atoms with E-state index in [1.165, 1.54) is 5.56 Å². The molecule has 0 saturated carbocycles. The van der Waals surface area contributed by atoms with Gasteiger partial charge in [0.1, 0.15) is 0 Å². The van der Waals surface area contributed by atoms with Crippen molar-refractivity contribution in [2.75, 3.05) is 19.7 Å². The molecule has 1 aliphatic rings. The molecule has 0 radical (unpaired) electrons. The van der Waals surface area contributed by atoms with Crippen molar-refractivity contribution in [3.8, 4) is 0 Å². The highest BCUT2D eigenvalue weighted by molar-refractivity contribution is 5.67. The van der Waals surface area contributed by atoms with Crippen LogP contribution in [0.5, 0.6) is 0 Å². The Hall–Kier alpha value is -1.40. The van der Waals surface area contributed by atoms with Crippen molar-refractivity contribution in [3.63, 3.8) is 0 Å². The lowest BCUT2D eigenvalue weighted by molar-refractivity contribution is -0.142. The van der Waals surface area contributed by atoms with Crippen molar-refractivity contribution in [3.05, 3.63) is 17.5 Å². The van der Waals surface area contributed by atoms with Crippen LogP contribution >= 0.6 is 0 Å². The van der Waals surface area contributed by atoms with E-state index in [9.17, 15) is 4.79 Å². The predicted molar refractivity (Wildman–Crippen MR) is 69.9 cm³/mol. The van der Waals surface area contributed by atoms with Gasteiger partial charge >= 0.3 is 5.97 Å². The standard InChI is InChI=1S/C13H21N3O3/c1-3-12-10(7-15(2)14-12)8-16-4-5-19-11(9-16)6-13(17)18/h7,11H,3-6,8-9H2,1-2H3,(H,17,18). The zero-order valence-corrected chi connectivity index (χ0v) is 11.5. The second-order valence-corrected chi connectivity index (χ2v) is 4.95. The molecule has 6 heteroatoms. The van der Waals surface area contributed by atoms with Crippen LogP contribution in [0.15, 0.2) is 6.20 Å². The van der Waals surface area contributed by atoms with E-state index in [-0.39, 0.29) is 12.5 Å². The van der Waals surface area contributed by atoms with Crippen molar-refractivity contribution < 1.29 is 14.6 Å². The Morgan fingerprint density at radius 3 is 3.11 bits per heavy atom. The smallest absolute Gasteiger partial charge is 0.306 e. The average Bonchev–Trinajstić information content (AvgIpc) is 2.69. The molecule has 106 valence electrons. The van der Waals surface area contributed by atoms with E-state index in [0.29, 0.717) is 13.2 Å². The summed E-state index contributed by atoms with van der Waals surface area (Å²) in [7, 11) is 1.93. The van der Waals surface area contributed by atoms with Crippen LogP contribution in [0.3, 0.4) is 0 Å². The monoisotopic (exact) mass is 267 g/mol. The molecular formula is C13H21N3O3. The van der Waals surface area contributed by atoms with Gasteiger partial charge in [-0.2, -0.15) is 5.10 Å². The Bertz CT molecular complexity index is 444. The molecule has 0 aliphatic carbocycles. The molecule has 1 fully saturated rings. The zero-order chi connectivity index (χ0) is 13.8. The molecular weight excluding hydrogens is 246 g/mol. The van der Waals surface area contributed by atoms with Crippen LogP contribution in [0.4, 0.5) is 0 Å². The van der Waals surface area contributed by atoms with Gasteiger partial charge in [0.25, 0.3) is 0 Å². The molecule has 0 amide bonds. The first-order valence-electron chi connectivity index (χ1n) is 6.65. The highest BCUT2D eigenvalue weighted by Gasteiger charge is 2.23. The van der Waals surface area contributed by atoms with Crippen LogP contribution in [0.1, 0.15) is 24.6 Å². The molecule has 2 heterocycles. The number of rotatable bonds is 5. The van der Waals surface area contributed by atoms with Crippen LogP contribution in [-0.4, -0.2) is 51.6 Å². The van der Waals surface area contributed by atoms with Gasteiger partial charge in [-0.05, 0) is 6.42 Å². The third-order valence-electron chi connectivity index (χ3n) is 3.35. The quantitative estimate of drug-likeness (QED) is 0.848. The summed E-state index contributed by atoms with van der Waals surface area (Å²) in [5.41, 5.74) is 2.34. The fourth-order valence-corrected chi connectivity index (χ4v) is 2.50. The normalized spacial score (nSPS) is 20.6. The molecule has 1 saturated heterocycles. The van der Waals surface area contributed by atoms with Crippen molar-refractivity contribution in [1.82, 2.24) is 14.7 Å². The number of ether oxygens (including phenoxy) is 1. The van der Waals surface area contributed by atoms with Gasteiger partial charge in [-0.25, -0.2) is 0 Å². The van der Waals surface area contributed by atoms with Gasteiger partial charge in [0.15, 0.2) is 0 Å². The summed E-state index contributed by atoms with van der Waals surface area (Å²) in [6, 6.07) is 0. The van der Waals surface area contributed by atoms with Crippen LogP contribution < -0.4 is 0 Å². The van der Waals surface area contributed by atoms with Gasteiger partial charge in [0.05, 0.1) is 24.8 Å². The van der Waals surface area contributed by atoms with E-state index in [0.717, 1.165) is 25.2 Å². The molecule has 1 unspecified atom stereocenters. The molecule has 0 bridgehead atoms. The first-order valence-corrected chi connectivity index (χ1v) is 6.65. The second kappa shape index (κ2) is 6.16. The maximum atomic E-state index is 10.7. The van der Waals surface area contributed by atoms with E-state index < -0.39 is 5.97 Å². The minimum atomic E-state index is -0.803. The number of nitrogens with zero attached hydrogens (tertiary/aromatic N) is 3. The summed E-state index contributed by atoms with van der Waals surface area (Å²) in [6.07, 6.45) is 2.83. The summed E-state index contributed by atoms with van der Waals surface area (Å²) in [4.78, 5) is 13.0. The van der Waals surface area contributed by atoms with E-state index >= 15 is 0 Å². The van der Waals surface area contributed by atoms with Crippen molar-refractivity contribution in [1.29, 1.82) is 0 Å². The molecule has 1 atom stereocenters. The number of carbonyl (C=O) groups is 1. The molecule has 1 aromatic rings. The van der Waals surface area contributed by atoms with E-state index in [4.69, 9.17) is 9.84 Å². The largest absolute Gasteiger partial charge is 0.481 e. The number of carboxylic acid groups (broad SMARTS) is 1. The summed E-state index contributed by atoms with van der Waals surface area (Å²) in [5, 5.41) is 13.2. The van der Waals surface area contributed by atoms with E-state index in [1.54, 1.807) is 0 Å². The predicted octanol–water partition coefficient (Wildman–Crippen LogP) is 0.658. The number of carboxylic acids is 1. The Morgan fingerprint density at radius 1 is 1.63 bits per heavy atom. The van der Waals surface area contributed by atoms with Gasteiger partial charge in [-0.1, -0.05) is 6.92 Å². The van der Waals surface area contributed by atoms with E-state index in [2.05, 4.69) is 16.9 Å². The summed E-state index contributed by atoms with van der Waals surface area (Å²) in [6.45, 7) is 5.02. The minimum absolute atomic E-state index is 0.0736. The Morgan fingerprint density at radius 2 is 2.42 bits per heavy atom. The SMILES string of the molecule is CCc1nn(C)cc1CN1CCOC(CC(=O)O)C1. The minimum Gasteiger partial charge on any atom is -0.481 e. The molecule has 1 N–H and O–H groups in total. The van der Waals surface area contributed by atoms with Gasteiger partial charge in [-0.15, -0.1) is 0 Å². The summed E-state index contributed by atoms with van der Waals surface area (Å²) in [5.74, 6) is -0.803. The Balaban J connectivity index is 1.96. The lowest BCUT2D eigenvalue weighted by Crippen LogP contribution is -2.42. The van der Waals surface area contributed by atoms with Gasteiger partial charge in [-0.3, -0.25) is 14.4 Å². The fourth-order valence-electron chi connectivity index (χ4n) is 2.50. The second-order valence-electron chi connectivity index (χ2n) is 4.95. The topological polar surface area (TPSA) is 67.6 Å². The average molecular weight is 267 g/mol. The van der Waals surface area contributed by atoms with Gasteiger partial charge in [0.2, 0.25) is 0 Å². The Labute approximate surface area is 113 Å². The van der Waals surface area contributed by atoms with Crippen LogP contribution in [-0.2, 0) is 29.5 Å². The summed E-state index contributed by atoms with van der Waals surface area (Å²) >= 11 is 0. The molecule has 0 spiro atoms. The number of aryl methyl sites for hydroxylation is 2. The number of aromatic nitrogens is 2. The lowest BCUT2D eigenvalue weighted by atomic mass is 10.1. The van der Waals surface area contributed by atoms with E-state index in [1.807, 2.05) is 17.9 Å². The highest BCUT2D eigenvalue weighted by atomic mass is 16.5. The van der Waals surface area contributed by atoms with Crippen LogP contribution in [0, 0.1) is 0 Å². The first kappa shape index (κ1) is 14.0. The number of morpholine rings is 1. The van der Waals surface area contributed by atoms with Gasteiger partial charge in [0, 0.05) is 38.4 Å². The van der Waals surface area contributed by atoms with Crippen molar-refractivity contribution in [2.24, 2.45) is 7.05 Å². The molecule has 6 nitrogen and oxygen atoms in total. The lowest BCUT2D eigenvalue weighted by Gasteiger charge is -2.32. The van der Waals surface area contributed by atoms with Crippen LogP contribution in [0.25, 0.3) is 0 Å². The number of aliphatic carboxylic acids is 1.